The Morgan fingerprint density at radius 3 is 2.82 bits per heavy atom. The molecule has 0 bridgehead atoms. The lowest BCUT2D eigenvalue weighted by molar-refractivity contribution is -0.209. The van der Waals surface area contributed by atoms with Crippen LogP contribution in [0, 0.1) is 6.92 Å². The van der Waals surface area contributed by atoms with E-state index in [9.17, 15) is 9.18 Å². The van der Waals surface area contributed by atoms with Crippen LogP contribution in [0.4, 0.5) is 15.8 Å². The van der Waals surface area contributed by atoms with Crippen molar-refractivity contribution >= 4 is 46.2 Å². The fraction of sp³-hybridized carbons (Fsp3) is 0.375. The van der Waals surface area contributed by atoms with Crippen LogP contribution < -0.4 is 25.1 Å². The minimum Gasteiger partial charge on any atom is -0.483 e. The van der Waals surface area contributed by atoms with Crippen molar-refractivity contribution in [2.24, 2.45) is 10.8 Å². The highest BCUT2D eigenvalue weighted by Crippen LogP contribution is 2.33. The number of ketones is 1. The van der Waals surface area contributed by atoms with Gasteiger partial charge in [0.25, 0.3) is 0 Å². The van der Waals surface area contributed by atoms with Crippen LogP contribution in [0.15, 0.2) is 65.8 Å². The van der Waals surface area contributed by atoms with E-state index in [1.165, 1.54) is 24.2 Å². The predicted octanol–water partition coefficient (Wildman–Crippen LogP) is 5.00. The maximum absolute atomic E-state index is 14.1. The smallest absolute Gasteiger partial charge is 0.190 e. The molecule has 1 aromatic heterocycles. The average molecular weight is 639 g/mol. The standard InChI is InChI=1S/C32H39FN6O5S/c1-22-17-24(43-31-6-4-3-5-25(31)33)7-8-29(22)39(21-34)35-10-9-30(40)27-18-23-19-32(28(37-45-2)20-26(23)36-27)44-42-16-13-38-11-14-41-15-12-38/h3-8,10,17-20,25,31,36-37H,9,11-16,21,34H2,1-2H3/b35-10-. The first kappa shape index (κ1) is 32.5. The quantitative estimate of drug-likeness (QED) is 0.0398. The summed E-state index contributed by atoms with van der Waals surface area (Å²) in [5.74, 6) is 0.939. The van der Waals surface area contributed by atoms with Crippen LogP contribution in [-0.2, 0) is 9.62 Å². The number of Topliss-reactive ketones (excluding diaryl/α,β-unsaturated/α-hetero) is 1. The second-order valence-electron chi connectivity index (χ2n) is 10.5. The summed E-state index contributed by atoms with van der Waals surface area (Å²) >= 11 is 1.43. The molecule has 0 amide bonds. The molecule has 13 heteroatoms. The Morgan fingerprint density at radius 2 is 2.07 bits per heavy atom. The number of hydrogen-bond acceptors (Lipinski definition) is 11. The lowest BCUT2D eigenvalue weighted by Gasteiger charge is -2.25. The zero-order chi connectivity index (χ0) is 31.6. The van der Waals surface area contributed by atoms with Crippen molar-refractivity contribution in [3.8, 4) is 11.5 Å². The molecule has 45 heavy (non-hydrogen) atoms. The van der Waals surface area contributed by atoms with E-state index < -0.39 is 12.3 Å². The van der Waals surface area contributed by atoms with Crippen LogP contribution in [0.25, 0.3) is 10.9 Å². The van der Waals surface area contributed by atoms with Gasteiger partial charge in [0.1, 0.15) is 12.4 Å². The van der Waals surface area contributed by atoms with Crippen molar-refractivity contribution in [1.29, 1.82) is 0 Å². The number of anilines is 2. The van der Waals surface area contributed by atoms with Gasteiger partial charge in [0.05, 0.1) is 37.0 Å². The number of carbonyl (C=O) groups is 1. The zero-order valence-electron chi connectivity index (χ0n) is 25.4. The molecule has 1 saturated heterocycles. The number of carbonyl (C=O) groups excluding carboxylic acids is 1. The lowest BCUT2D eigenvalue weighted by atomic mass is 10.1. The van der Waals surface area contributed by atoms with E-state index in [0.717, 1.165) is 60.7 Å². The Hall–Kier alpha value is -3.88. The molecule has 4 N–H and O–H groups in total. The van der Waals surface area contributed by atoms with Crippen molar-refractivity contribution < 1.29 is 28.4 Å². The highest BCUT2D eigenvalue weighted by atomic mass is 32.2. The number of nitrogens with two attached hydrogens (primary N) is 1. The average Bonchev–Trinajstić information content (AvgIpc) is 3.47. The van der Waals surface area contributed by atoms with E-state index in [4.69, 9.17) is 25.0 Å². The number of allylic oxidation sites excluding steroid dienone is 2. The number of aromatic amines is 1. The maximum Gasteiger partial charge on any atom is 0.190 e. The molecule has 1 aliphatic carbocycles. The van der Waals surface area contributed by atoms with E-state index in [-0.39, 0.29) is 18.9 Å². The van der Waals surface area contributed by atoms with Gasteiger partial charge in [0.15, 0.2) is 23.8 Å². The molecule has 2 heterocycles. The molecule has 1 fully saturated rings. The molecule has 2 aliphatic rings. The number of morpholine rings is 1. The summed E-state index contributed by atoms with van der Waals surface area (Å²) < 4.78 is 28.5. The molecule has 2 unspecified atom stereocenters. The molecule has 2 aromatic carbocycles. The maximum atomic E-state index is 14.1. The van der Waals surface area contributed by atoms with Crippen molar-refractivity contribution in [3.63, 3.8) is 0 Å². The van der Waals surface area contributed by atoms with E-state index in [1.54, 1.807) is 35.4 Å². The molecular weight excluding hydrogens is 599 g/mol. The lowest BCUT2D eigenvalue weighted by Crippen LogP contribution is -2.38. The number of nitrogens with zero attached hydrogens (tertiary/aromatic N) is 3. The number of hydrogen-bond donors (Lipinski definition) is 3. The molecule has 5 rings (SSSR count). The van der Waals surface area contributed by atoms with Gasteiger partial charge in [-0.1, -0.05) is 24.1 Å². The van der Waals surface area contributed by atoms with Gasteiger partial charge in [-0.2, -0.15) is 9.99 Å². The topological polar surface area (TPSA) is 127 Å². The van der Waals surface area contributed by atoms with E-state index in [1.807, 2.05) is 37.4 Å². The van der Waals surface area contributed by atoms with Gasteiger partial charge in [-0.25, -0.2) is 4.39 Å². The Morgan fingerprint density at radius 1 is 1.24 bits per heavy atom. The summed E-state index contributed by atoms with van der Waals surface area (Å²) in [7, 11) is 0. The number of benzene rings is 2. The number of fused-ring (bicyclic) bond motifs is 1. The fourth-order valence-corrected chi connectivity index (χ4v) is 5.40. The summed E-state index contributed by atoms with van der Waals surface area (Å²) in [5, 5.41) is 6.86. The first-order chi connectivity index (χ1) is 21.9. The number of hydrazone groups is 1. The second kappa shape index (κ2) is 15.9. The minimum absolute atomic E-state index is 0.0624. The van der Waals surface area contributed by atoms with Gasteiger partial charge >= 0.3 is 0 Å². The number of ether oxygens (including phenoxy) is 2. The van der Waals surface area contributed by atoms with E-state index in [0.29, 0.717) is 23.8 Å². The molecular formula is C32H39FN6O5S. The fourth-order valence-electron chi connectivity index (χ4n) is 5.02. The number of nitrogens with one attached hydrogen (secondary N) is 2. The summed E-state index contributed by atoms with van der Waals surface area (Å²) in [6.07, 6.45) is 8.21. The Bertz CT molecular complexity index is 1540. The molecule has 2 atom stereocenters. The molecule has 0 radical (unpaired) electrons. The molecule has 240 valence electrons. The number of H-pyrrole nitrogens is 1. The molecule has 11 nitrogen and oxygen atoms in total. The Labute approximate surface area is 266 Å². The van der Waals surface area contributed by atoms with Crippen LogP contribution in [-0.4, -0.2) is 86.5 Å². The highest BCUT2D eigenvalue weighted by molar-refractivity contribution is 7.99. The monoisotopic (exact) mass is 638 g/mol. The SMILES string of the molecule is CSNc1cc2[nH]c(C(=O)C/C=N\N(CN)c3ccc(OC4C=CC=CC4F)cc3C)cc2cc1OOCCN1CCOCC1. The summed E-state index contributed by atoms with van der Waals surface area (Å²) in [4.78, 5) is 29.7. The van der Waals surface area contributed by atoms with Crippen LogP contribution >= 0.6 is 11.9 Å². The Balaban J connectivity index is 1.19. The summed E-state index contributed by atoms with van der Waals surface area (Å²) in [5.41, 5.74) is 9.54. The first-order valence-corrected chi connectivity index (χ1v) is 16.0. The number of aryl methyl sites for hydroxylation is 1. The summed E-state index contributed by atoms with van der Waals surface area (Å²) in [6, 6.07) is 10.9. The van der Waals surface area contributed by atoms with Gasteiger partial charge in [-0.3, -0.25) is 14.7 Å². The highest BCUT2D eigenvalue weighted by Gasteiger charge is 2.20. The zero-order valence-corrected chi connectivity index (χ0v) is 26.2. The summed E-state index contributed by atoms with van der Waals surface area (Å²) in [6.45, 7) is 6.39. The van der Waals surface area contributed by atoms with Gasteiger partial charge in [-0.15, -0.1) is 0 Å². The van der Waals surface area contributed by atoms with Gasteiger partial charge in [0, 0.05) is 49.4 Å². The van der Waals surface area contributed by atoms with Crippen molar-refractivity contribution in [2.45, 2.75) is 25.6 Å². The predicted molar refractivity (Wildman–Crippen MR) is 177 cm³/mol. The van der Waals surface area contributed by atoms with E-state index >= 15 is 0 Å². The van der Waals surface area contributed by atoms with Gasteiger partial charge in [-0.05, 0) is 61.0 Å². The van der Waals surface area contributed by atoms with Gasteiger partial charge in [0.2, 0.25) is 0 Å². The Kier molecular flexibility index (Phi) is 11.5. The van der Waals surface area contributed by atoms with Crippen molar-refractivity contribution in [1.82, 2.24) is 9.88 Å². The minimum atomic E-state index is -1.20. The first-order valence-electron chi connectivity index (χ1n) is 14.8. The molecule has 3 aromatic rings. The molecule has 0 spiro atoms. The van der Waals surface area contributed by atoms with Crippen LogP contribution in [0.5, 0.6) is 11.5 Å². The van der Waals surface area contributed by atoms with Crippen LogP contribution in [0.2, 0.25) is 0 Å². The number of halogens is 1. The second-order valence-corrected chi connectivity index (χ2v) is 11.1. The van der Waals surface area contributed by atoms with Gasteiger partial charge < -0.3 is 29.8 Å². The van der Waals surface area contributed by atoms with Crippen LogP contribution in [0.1, 0.15) is 22.5 Å². The third-order valence-electron chi connectivity index (χ3n) is 7.39. The molecule has 0 saturated carbocycles. The van der Waals surface area contributed by atoms with Crippen molar-refractivity contribution in [2.75, 3.05) is 62.1 Å². The largest absolute Gasteiger partial charge is 0.483 e. The number of alkyl halides is 1. The third kappa shape index (κ3) is 8.65. The number of rotatable bonds is 15. The normalized spacial score (nSPS) is 18.5. The van der Waals surface area contributed by atoms with Crippen LogP contribution in [0.3, 0.4) is 0 Å². The molecule has 1 aliphatic heterocycles. The van der Waals surface area contributed by atoms with E-state index in [2.05, 4.69) is 19.7 Å². The number of aromatic nitrogens is 1. The van der Waals surface area contributed by atoms with Crippen molar-refractivity contribution in [3.05, 3.63) is 72.0 Å². The third-order valence-corrected chi connectivity index (χ3v) is 7.81.